The van der Waals surface area contributed by atoms with E-state index in [9.17, 15) is 9.59 Å². The van der Waals surface area contributed by atoms with Gasteiger partial charge in [-0.3, -0.25) is 9.59 Å². The van der Waals surface area contributed by atoms with Gasteiger partial charge in [0.25, 0.3) is 5.91 Å². The molecule has 2 atom stereocenters. The molecule has 7 heteroatoms. The second-order valence-corrected chi connectivity index (χ2v) is 5.78. The molecule has 22 heavy (non-hydrogen) atoms. The molecule has 2 amide bonds. The number of nitrogens with zero attached hydrogens (tertiary/aromatic N) is 1. The zero-order chi connectivity index (χ0) is 15.4. The normalized spacial score (nSPS) is 19.0. The van der Waals surface area contributed by atoms with Crippen LogP contribution in [0.4, 0.5) is 0 Å². The van der Waals surface area contributed by atoms with Crippen molar-refractivity contribution in [1.29, 1.82) is 0 Å². The molecule has 0 spiro atoms. The number of rotatable bonds is 3. The molecule has 0 radical (unpaired) electrons. The molecule has 2 rings (SSSR count). The molecule has 122 valence electrons. The van der Waals surface area contributed by atoms with Crippen molar-refractivity contribution in [3.63, 3.8) is 0 Å². The van der Waals surface area contributed by atoms with Crippen molar-refractivity contribution >= 4 is 35.8 Å². The minimum absolute atomic E-state index is 0. The Hall–Kier alpha value is -1.30. The van der Waals surface area contributed by atoms with Gasteiger partial charge in [0.15, 0.2) is 0 Å². The summed E-state index contributed by atoms with van der Waals surface area (Å²) in [5.74, 6) is -0.318. The predicted octanol–water partition coefficient (Wildman–Crippen LogP) is 1.70. The van der Waals surface area contributed by atoms with Crippen molar-refractivity contribution in [2.24, 2.45) is 0 Å². The Labute approximate surface area is 141 Å². The third-order valence-electron chi connectivity index (χ3n) is 3.50. The molecular formula is C15H21Cl2N3O2. The van der Waals surface area contributed by atoms with Gasteiger partial charge in [-0.2, -0.15) is 0 Å². The molecule has 1 aliphatic rings. The van der Waals surface area contributed by atoms with Crippen molar-refractivity contribution in [1.82, 2.24) is 15.5 Å². The second-order valence-electron chi connectivity index (χ2n) is 5.34. The van der Waals surface area contributed by atoms with Crippen LogP contribution in [0.5, 0.6) is 0 Å². The molecule has 0 bridgehead atoms. The summed E-state index contributed by atoms with van der Waals surface area (Å²) < 4.78 is 0. The molecule has 5 nitrogen and oxygen atoms in total. The van der Waals surface area contributed by atoms with Crippen LogP contribution in [0.1, 0.15) is 24.2 Å². The molecule has 1 aromatic rings. The van der Waals surface area contributed by atoms with E-state index in [1.165, 1.54) is 0 Å². The molecule has 2 unspecified atom stereocenters. The number of hydrogen-bond acceptors (Lipinski definition) is 3. The summed E-state index contributed by atoms with van der Waals surface area (Å²) in [5.41, 5.74) is 0.493. The summed E-state index contributed by atoms with van der Waals surface area (Å²) in [6, 6.07) is 6.33. The lowest BCUT2D eigenvalue weighted by molar-refractivity contribution is -0.133. The summed E-state index contributed by atoms with van der Waals surface area (Å²) in [4.78, 5) is 26.2. The average Bonchev–Trinajstić information content (AvgIpc) is 2.47. The number of amides is 2. The molecule has 1 heterocycles. The lowest BCUT2D eigenvalue weighted by Gasteiger charge is -2.33. The lowest BCUT2D eigenvalue weighted by Crippen LogP contribution is -2.56. The van der Waals surface area contributed by atoms with Gasteiger partial charge in [0.2, 0.25) is 5.91 Å². The highest BCUT2D eigenvalue weighted by molar-refractivity contribution is 6.30. The van der Waals surface area contributed by atoms with Crippen molar-refractivity contribution in [2.45, 2.75) is 25.9 Å². The summed E-state index contributed by atoms with van der Waals surface area (Å²) >= 11 is 5.79. The van der Waals surface area contributed by atoms with E-state index in [2.05, 4.69) is 10.6 Å². The average molecular weight is 346 g/mol. The Morgan fingerprint density at radius 1 is 1.36 bits per heavy atom. The fourth-order valence-electron chi connectivity index (χ4n) is 2.35. The first-order valence-corrected chi connectivity index (χ1v) is 7.44. The summed E-state index contributed by atoms with van der Waals surface area (Å²) in [7, 11) is 0. The first kappa shape index (κ1) is 18.7. The SMILES string of the molecule is CC1CN(C(=O)C(C)NC(=O)c2ccc(Cl)cc2)CCN1.Cl. The van der Waals surface area contributed by atoms with E-state index >= 15 is 0 Å². The molecule has 0 aromatic heterocycles. The summed E-state index contributed by atoms with van der Waals surface area (Å²) in [6.07, 6.45) is 0. The van der Waals surface area contributed by atoms with Crippen molar-refractivity contribution in [3.05, 3.63) is 34.9 Å². The van der Waals surface area contributed by atoms with Gasteiger partial charge in [0.05, 0.1) is 0 Å². The van der Waals surface area contributed by atoms with Crippen LogP contribution in [-0.4, -0.2) is 48.4 Å². The predicted molar refractivity (Wildman–Crippen MR) is 89.7 cm³/mol. The second kappa shape index (κ2) is 8.36. The quantitative estimate of drug-likeness (QED) is 0.876. The molecule has 0 saturated carbocycles. The number of hydrogen-bond donors (Lipinski definition) is 2. The highest BCUT2D eigenvalue weighted by Crippen LogP contribution is 2.10. The number of halogens is 2. The fourth-order valence-corrected chi connectivity index (χ4v) is 2.48. The van der Waals surface area contributed by atoms with Crippen molar-refractivity contribution < 1.29 is 9.59 Å². The van der Waals surface area contributed by atoms with Crippen molar-refractivity contribution in [2.75, 3.05) is 19.6 Å². The van der Waals surface area contributed by atoms with Gasteiger partial charge in [0.1, 0.15) is 6.04 Å². The minimum Gasteiger partial charge on any atom is -0.341 e. The van der Waals surface area contributed by atoms with Crippen LogP contribution in [0.3, 0.4) is 0 Å². The van der Waals surface area contributed by atoms with Crippen LogP contribution in [0.25, 0.3) is 0 Å². The van der Waals surface area contributed by atoms with Gasteiger partial charge >= 0.3 is 0 Å². The first-order valence-electron chi connectivity index (χ1n) is 7.06. The van der Waals surface area contributed by atoms with Crippen molar-refractivity contribution in [3.8, 4) is 0 Å². The number of carbonyl (C=O) groups is 2. The number of piperazine rings is 1. The first-order chi connectivity index (χ1) is 9.97. The highest BCUT2D eigenvalue weighted by atomic mass is 35.5. The van der Waals surface area contributed by atoms with E-state index in [-0.39, 0.29) is 30.3 Å². The number of nitrogens with one attached hydrogen (secondary N) is 2. The Balaban J connectivity index is 0.00000242. The van der Waals surface area contributed by atoms with Gasteiger partial charge in [-0.05, 0) is 38.1 Å². The highest BCUT2D eigenvalue weighted by Gasteiger charge is 2.25. The smallest absolute Gasteiger partial charge is 0.251 e. The maximum absolute atomic E-state index is 12.3. The van der Waals surface area contributed by atoms with Crippen LogP contribution >= 0.6 is 24.0 Å². The summed E-state index contributed by atoms with van der Waals surface area (Å²) in [5, 5.41) is 6.59. The van der Waals surface area contributed by atoms with Gasteiger partial charge < -0.3 is 15.5 Å². The van der Waals surface area contributed by atoms with E-state index < -0.39 is 6.04 Å². The largest absolute Gasteiger partial charge is 0.341 e. The Morgan fingerprint density at radius 3 is 2.59 bits per heavy atom. The van der Waals surface area contributed by atoms with E-state index in [0.717, 1.165) is 6.54 Å². The summed E-state index contributed by atoms with van der Waals surface area (Å²) in [6.45, 7) is 5.87. The molecule has 1 fully saturated rings. The number of carbonyl (C=O) groups excluding carboxylic acids is 2. The zero-order valence-corrected chi connectivity index (χ0v) is 14.2. The van der Waals surface area contributed by atoms with E-state index in [4.69, 9.17) is 11.6 Å². The molecule has 1 aliphatic heterocycles. The third-order valence-corrected chi connectivity index (χ3v) is 3.76. The van der Waals surface area contributed by atoms with Crippen LogP contribution in [0, 0.1) is 0 Å². The lowest BCUT2D eigenvalue weighted by atomic mass is 10.1. The van der Waals surface area contributed by atoms with Crippen LogP contribution < -0.4 is 10.6 Å². The third kappa shape index (κ3) is 4.87. The standard InChI is InChI=1S/C15H20ClN3O2.ClH/c1-10-9-19(8-7-17-10)15(21)11(2)18-14(20)12-3-5-13(16)6-4-12;/h3-6,10-11,17H,7-9H2,1-2H3,(H,18,20);1H. The Kier molecular flexibility index (Phi) is 7.13. The van der Waals surface area contributed by atoms with E-state index in [1.54, 1.807) is 36.1 Å². The number of benzene rings is 1. The van der Waals surface area contributed by atoms with E-state index in [1.807, 2.05) is 6.92 Å². The molecule has 1 aromatic carbocycles. The van der Waals surface area contributed by atoms with Gasteiger partial charge in [-0.1, -0.05) is 11.6 Å². The molecular weight excluding hydrogens is 325 g/mol. The van der Waals surface area contributed by atoms with Gasteiger partial charge in [0, 0.05) is 36.3 Å². The maximum atomic E-state index is 12.3. The van der Waals surface area contributed by atoms with Crippen LogP contribution in [0.2, 0.25) is 5.02 Å². The topological polar surface area (TPSA) is 61.4 Å². The monoisotopic (exact) mass is 345 g/mol. The molecule has 0 aliphatic carbocycles. The van der Waals surface area contributed by atoms with Crippen LogP contribution in [-0.2, 0) is 4.79 Å². The minimum atomic E-state index is -0.543. The van der Waals surface area contributed by atoms with Gasteiger partial charge in [-0.25, -0.2) is 0 Å². The Morgan fingerprint density at radius 2 is 2.00 bits per heavy atom. The zero-order valence-electron chi connectivity index (χ0n) is 12.6. The maximum Gasteiger partial charge on any atom is 0.251 e. The fraction of sp³-hybridized carbons (Fsp3) is 0.467. The Bertz CT molecular complexity index is 522. The molecule has 2 N–H and O–H groups in total. The molecule has 1 saturated heterocycles. The van der Waals surface area contributed by atoms with E-state index in [0.29, 0.717) is 23.7 Å². The van der Waals surface area contributed by atoms with Gasteiger partial charge in [-0.15, -0.1) is 12.4 Å². The van der Waals surface area contributed by atoms with Crippen LogP contribution in [0.15, 0.2) is 24.3 Å².